The van der Waals surface area contributed by atoms with Crippen LogP contribution in [0.4, 0.5) is 0 Å². The predicted molar refractivity (Wildman–Crippen MR) is 129 cm³/mol. The van der Waals surface area contributed by atoms with Crippen LogP contribution in [0.2, 0.25) is 0 Å². The molecule has 2 rings (SSSR count). The van der Waals surface area contributed by atoms with Crippen LogP contribution in [0, 0.1) is 11.8 Å². The van der Waals surface area contributed by atoms with Crippen molar-refractivity contribution < 1.29 is 9.47 Å². The first-order chi connectivity index (χ1) is 14.1. The van der Waals surface area contributed by atoms with Crippen molar-refractivity contribution in [3.63, 3.8) is 0 Å². The Morgan fingerprint density at radius 3 is 1.93 bits per heavy atom. The van der Waals surface area contributed by atoms with Crippen molar-refractivity contribution >= 4 is 11.6 Å². The highest BCUT2D eigenvalue weighted by Crippen LogP contribution is 2.37. The number of ether oxygens (including phenoxy) is 2. The van der Waals surface area contributed by atoms with Crippen LogP contribution >= 0.6 is 11.6 Å². The fourth-order valence-corrected chi connectivity index (χ4v) is 4.60. The summed E-state index contributed by atoms with van der Waals surface area (Å²) in [5.74, 6) is 1.96. The third-order valence-corrected chi connectivity index (χ3v) is 5.44. The van der Waals surface area contributed by atoms with Crippen LogP contribution in [0.3, 0.4) is 0 Å². The minimum Gasteiger partial charge on any atom is -0.491 e. The monoisotopic (exact) mass is 430 g/mol. The van der Waals surface area contributed by atoms with E-state index in [9.17, 15) is 0 Å². The SMILES string of the molecule is CC(C)CC(Cc1ccccc1C(C)(C)Cl)(CC(C)C)OCCOc1ccccc1. The molecule has 0 aromatic heterocycles. The van der Waals surface area contributed by atoms with Crippen molar-refractivity contribution in [3.05, 3.63) is 65.7 Å². The van der Waals surface area contributed by atoms with Crippen molar-refractivity contribution in [2.24, 2.45) is 11.8 Å². The summed E-state index contributed by atoms with van der Waals surface area (Å²) in [6.45, 7) is 14.3. The smallest absolute Gasteiger partial charge is 0.119 e. The zero-order valence-electron chi connectivity index (χ0n) is 19.6. The number of halogens is 1. The van der Waals surface area contributed by atoms with Crippen molar-refractivity contribution in [1.29, 1.82) is 0 Å². The number of para-hydroxylation sites is 1. The Morgan fingerprint density at radius 2 is 1.37 bits per heavy atom. The van der Waals surface area contributed by atoms with E-state index in [4.69, 9.17) is 21.1 Å². The first-order valence-electron chi connectivity index (χ1n) is 11.2. The fourth-order valence-electron chi connectivity index (χ4n) is 4.42. The van der Waals surface area contributed by atoms with E-state index in [0.717, 1.165) is 25.0 Å². The molecule has 0 aliphatic carbocycles. The zero-order valence-corrected chi connectivity index (χ0v) is 20.3. The highest BCUT2D eigenvalue weighted by Gasteiger charge is 2.35. The molecule has 166 valence electrons. The predicted octanol–water partition coefficient (Wildman–Crippen LogP) is 7.63. The first kappa shape index (κ1) is 24.8. The van der Waals surface area contributed by atoms with Gasteiger partial charge in [-0.05, 0) is 61.8 Å². The van der Waals surface area contributed by atoms with Gasteiger partial charge in [-0.1, -0.05) is 70.2 Å². The molecule has 0 unspecified atom stereocenters. The molecule has 2 nitrogen and oxygen atoms in total. The van der Waals surface area contributed by atoms with Crippen LogP contribution in [0.15, 0.2) is 54.6 Å². The Labute approximate surface area is 188 Å². The van der Waals surface area contributed by atoms with Gasteiger partial charge in [-0.2, -0.15) is 0 Å². The summed E-state index contributed by atoms with van der Waals surface area (Å²) in [5, 5.41) is 0. The van der Waals surface area contributed by atoms with E-state index >= 15 is 0 Å². The lowest BCUT2D eigenvalue weighted by Gasteiger charge is -2.38. The van der Waals surface area contributed by atoms with E-state index in [2.05, 4.69) is 65.8 Å². The minimum atomic E-state index is -0.408. The zero-order chi connectivity index (χ0) is 22.2. The molecule has 0 spiro atoms. The van der Waals surface area contributed by atoms with Crippen LogP contribution in [0.5, 0.6) is 5.75 Å². The van der Waals surface area contributed by atoms with E-state index in [1.54, 1.807) is 0 Å². The Balaban J connectivity index is 2.22. The quantitative estimate of drug-likeness (QED) is 0.254. The molecule has 0 aliphatic heterocycles. The molecular weight excluding hydrogens is 392 g/mol. The molecule has 0 atom stereocenters. The van der Waals surface area contributed by atoms with Gasteiger partial charge in [-0.25, -0.2) is 0 Å². The summed E-state index contributed by atoms with van der Waals surface area (Å²) in [7, 11) is 0. The highest BCUT2D eigenvalue weighted by molar-refractivity contribution is 6.23. The lowest BCUT2D eigenvalue weighted by atomic mass is 9.78. The molecule has 0 radical (unpaired) electrons. The van der Waals surface area contributed by atoms with Gasteiger partial charge in [-0.15, -0.1) is 11.6 Å². The van der Waals surface area contributed by atoms with E-state index in [1.807, 2.05) is 30.3 Å². The van der Waals surface area contributed by atoms with Gasteiger partial charge in [0.25, 0.3) is 0 Å². The molecule has 3 heteroatoms. The maximum Gasteiger partial charge on any atom is 0.119 e. The van der Waals surface area contributed by atoms with Gasteiger partial charge in [0.2, 0.25) is 0 Å². The van der Waals surface area contributed by atoms with Crippen LogP contribution in [0.1, 0.15) is 65.5 Å². The number of hydrogen-bond acceptors (Lipinski definition) is 2. The lowest BCUT2D eigenvalue weighted by Crippen LogP contribution is -2.40. The van der Waals surface area contributed by atoms with Crippen molar-refractivity contribution in [1.82, 2.24) is 0 Å². The molecule has 0 heterocycles. The summed E-state index contributed by atoms with van der Waals surface area (Å²) in [6.07, 6.45) is 2.88. The topological polar surface area (TPSA) is 18.5 Å². The van der Waals surface area contributed by atoms with Crippen LogP contribution < -0.4 is 4.74 Å². The molecule has 0 amide bonds. The van der Waals surface area contributed by atoms with Crippen LogP contribution in [-0.4, -0.2) is 18.8 Å². The fraction of sp³-hybridized carbons (Fsp3) is 0.556. The summed E-state index contributed by atoms with van der Waals surface area (Å²) in [6, 6.07) is 18.5. The van der Waals surface area contributed by atoms with Gasteiger partial charge in [0.1, 0.15) is 12.4 Å². The number of hydrogen-bond donors (Lipinski definition) is 0. The molecule has 0 saturated carbocycles. The Kier molecular flexibility index (Phi) is 9.25. The molecule has 0 fully saturated rings. The standard InChI is InChI=1S/C27H39ClO2/c1-21(2)18-27(19-22(3)4,30-17-16-29-24-13-8-7-9-14-24)20-23-12-10-11-15-25(23)26(5,6)28/h7-15,21-22H,16-20H2,1-6H3. The largest absolute Gasteiger partial charge is 0.491 e. The lowest BCUT2D eigenvalue weighted by molar-refractivity contribution is -0.0801. The van der Waals surface area contributed by atoms with E-state index < -0.39 is 4.87 Å². The molecule has 30 heavy (non-hydrogen) atoms. The number of rotatable bonds is 12. The van der Waals surface area contributed by atoms with E-state index in [1.165, 1.54) is 11.1 Å². The molecule has 0 bridgehead atoms. The van der Waals surface area contributed by atoms with Gasteiger partial charge in [0, 0.05) is 6.42 Å². The summed E-state index contributed by atoms with van der Waals surface area (Å²) < 4.78 is 12.6. The van der Waals surface area contributed by atoms with Gasteiger partial charge < -0.3 is 9.47 Å². The second kappa shape index (κ2) is 11.2. The Bertz CT molecular complexity index is 737. The first-order valence-corrected chi connectivity index (χ1v) is 11.6. The molecule has 0 N–H and O–H groups in total. The number of alkyl halides is 1. The Morgan fingerprint density at radius 1 is 0.800 bits per heavy atom. The summed E-state index contributed by atoms with van der Waals surface area (Å²) >= 11 is 6.74. The molecule has 0 saturated heterocycles. The minimum absolute atomic E-state index is 0.235. The molecule has 0 aliphatic rings. The highest BCUT2D eigenvalue weighted by atomic mass is 35.5. The van der Waals surface area contributed by atoms with E-state index in [-0.39, 0.29) is 5.60 Å². The third-order valence-electron chi connectivity index (χ3n) is 5.23. The second-order valence-electron chi connectivity index (χ2n) is 9.70. The molecule has 2 aromatic rings. The van der Waals surface area contributed by atoms with Crippen molar-refractivity contribution in [2.75, 3.05) is 13.2 Å². The number of benzene rings is 2. The Hall–Kier alpha value is -1.51. The van der Waals surface area contributed by atoms with Crippen LogP contribution in [0.25, 0.3) is 0 Å². The third kappa shape index (κ3) is 7.96. The van der Waals surface area contributed by atoms with E-state index in [0.29, 0.717) is 25.0 Å². The molecule has 2 aromatic carbocycles. The van der Waals surface area contributed by atoms with Gasteiger partial charge in [0.05, 0.1) is 17.1 Å². The van der Waals surface area contributed by atoms with Gasteiger partial charge in [0.15, 0.2) is 0 Å². The normalized spacial score (nSPS) is 12.6. The van der Waals surface area contributed by atoms with Gasteiger partial charge >= 0.3 is 0 Å². The van der Waals surface area contributed by atoms with Gasteiger partial charge in [-0.3, -0.25) is 0 Å². The van der Waals surface area contributed by atoms with Crippen molar-refractivity contribution in [2.45, 2.75) is 71.3 Å². The maximum absolute atomic E-state index is 6.74. The van der Waals surface area contributed by atoms with Crippen LogP contribution in [-0.2, 0) is 16.0 Å². The molecular formula is C27H39ClO2. The van der Waals surface area contributed by atoms with Crippen molar-refractivity contribution in [3.8, 4) is 5.75 Å². The summed E-state index contributed by atoms with van der Waals surface area (Å²) in [4.78, 5) is -0.408. The summed E-state index contributed by atoms with van der Waals surface area (Å²) in [5.41, 5.74) is 2.23. The second-order valence-corrected chi connectivity index (χ2v) is 10.6. The average Bonchev–Trinajstić information content (AvgIpc) is 2.64. The average molecular weight is 431 g/mol. The maximum atomic E-state index is 6.74.